The van der Waals surface area contributed by atoms with Crippen LogP contribution in [0.25, 0.3) is 0 Å². The number of hydrogen-bond acceptors (Lipinski definition) is 3. The van der Waals surface area contributed by atoms with Crippen molar-refractivity contribution < 1.29 is 0 Å². The summed E-state index contributed by atoms with van der Waals surface area (Å²) in [4.78, 5) is 7.05. The zero-order valence-electron chi connectivity index (χ0n) is 12.3. The van der Waals surface area contributed by atoms with Crippen molar-refractivity contribution in [2.24, 2.45) is 11.8 Å². The molecule has 1 aromatic rings. The van der Waals surface area contributed by atoms with Crippen LogP contribution in [0.4, 0.5) is 5.69 Å². The van der Waals surface area contributed by atoms with E-state index in [9.17, 15) is 0 Å². The Morgan fingerprint density at radius 3 is 2.68 bits per heavy atom. The molecule has 3 nitrogen and oxygen atoms in total. The molecule has 2 unspecified atom stereocenters. The molecule has 0 spiro atoms. The van der Waals surface area contributed by atoms with Gasteiger partial charge in [-0.1, -0.05) is 13.8 Å². The summed E-state index contributed by atoms with van der Waals surface area (Å²) >= 11 is 0. The molecular weight excluding hydrogens is 234 g/mol. The highest BCUT2D eigenvalue weighted by atomic mass is 15.2. The van der Waals surface area contributed by atoms with Crippen LogP contribution >= 0.6 is 0 Å². The molecular formula is C16H25N3. The maximum atomic E-state index is 4.47. The lowest BCUT2D eigenvalue weighted by Crippen LogP contribution is -2.59. The van der Waals surface area contributed by atoms with Crippen molar-refractivity contribution in [3.05, 3.63) is 24.0 Å². The minimum absolute atomic E-state index is 0.583. The third-order valence-electron chi connectivity index (χ3n) is 4.57. The van der Waals surface area contributed by atoms with Gasteiger partial charge < -0.3 is 10.2 Å². The predicted octanol–water partition coefficient (Wildman–Crippen LogP) is 2.60. The van der Waals surface area contributed by atoms with E-state index in [1.807, 2.05) is 6.20 Å². The van der Waals surface area contributed by atoms with E-state index in [-0.39, 0.29) is 0 Å². The van der Waals surface area contributed by atoms with Crippen LogP contribution in [0.3, 0.4) is 0 Å². The lowest BCUT2D eigenvalue weighted by molar-refractivity contribution is 0.320. The van der Waals surface area contributed by atoms with Crippen molar-refractivity contribution in [3.8, 4) is 0 Å². The second-order valence-corrected chi connectivity index (χ2v) is 6.47. The van der Waals surface area contributed by atoms with Gasteiger partial charge in [0, 0.05) is 30.9 Å². The Morgan fingerprint density at radius 1 is 1.32 bits per heavy atom. The van der Waals surface area contributed by atoms with Gasteiger partial charge in [0.2, 0.25) is 0 Å². The molecule has 2 aliphatic rings. The average molecular weight is 259 g/mol. The molecule has 1 saturated heterocycles. The Labute approximate surface area is 116 Å². The van der Waals surface area contributed by atoms with E-state index in [1.54, 1.807) is 0 Å². The van der Waals surface area contributed by atoms with Gasteiger partial charge >= 0.3 is 0 Å². The summed E-state index contributed by atoms with van der Waals surface area (Å²) in [5.74, 6) is 1.57. The third kappa shape index (κ3) is 2.76. The van der Waals surface area contributed by atoms with Crippen molar-refractivity contribution in [1.82, 2.24) is 10.3 Å². The van der Waals surface area contributed by atoms with E-state index in [2.05, 4.69) is 48.1 Å². The largest absolute Gasteiger partial charge is 0.364 e. The van der Waals surface area contributed by atoms with Crippen LogP contribution in [-0.2, 0) is 0 Å². The van der Waals surface area contributed by atoms with Gasteiger partial charge in [-0.2, -0.15) is 0 Å². The molecule has 0 amide bonds. The number of nitrogens with one attached hydrogen (secondary N) is 1. The Balaban J connectivity index is 1.81. The normalized spacial score (nSPS) is 27.9. The summed E-state index contributed by atoms with van der Waals surface area (Å²) in [6, 6.07) is 5.62. The van der Waals surface area contributed by atoms with Gasteiger partial charge in [-0.05, 0) is 43.7 Å². The van der Waals surface area contributed by atoms with Crippen LogP contribution in [0.2, 0.25) is 0 Å². The van der Waals surface area contributed by atoms with Crippen LogP contribution in [0.5, 0.6) is 0 Å². The minimum Gasteiger partial charge on any atom is -0.364 e. The van der Waals surface area contributed by atoms with Gasteiger partial charge in [-0.15, -0.1) is 0 Å². The van der Waals surface area contributed by atoms with E-state index in [0.29, 0.717) is 18.0 Å². The van der Waals surface area contributed by atoms with Crippen LogP contribution in [0.15, 0.2) is 18.3 Å². The summed E-state index contributed by atoms with van der Waals surface area (Å²) < 4.78 is 0. The number of piperazine rings is 1. The lowest BCUT2D eigenvalue weighted by Gasteiger charge is -2.44. The fraction of sp³-hybridized carbons (Fsp3) is 0.688. The van der Waals surface area contributed by atoms with Gasteiger partial charge in [0.1, 0.15) is 0 Å². The zero-order chi connectivity index (χ0) is 13.4. The number of rotatable bonds is 3. The molecule has 1 aliphatic carbocycles. The second-order valence-electron chi connectivity index (χ2n) is 6.47. The second kappa shape index (κ2) is 5.12. The first-order valence-electron chi connectivity index (χ1n) is 7.58. The summed E-state index contributed by atoms with van der Waals surface area (Å²) in [5, 5.41) is 3.76. The topological polar surface area (TPSA) is 28.2 Å². The SMILES string of the molecule is Cc1ccc(N2CC(C3CC3)NCC2C(C)C)cn1. The highest BCUT2D eigenvalue weighted by molar-refractivity contribution is 5.47. The number of anilines is 1. The van der Waals surface area contributed by atoms with E-state index in [0.717, 1.165) is 24.7 Å². The van der Waals surface area contributed by atoms with Crippen LogP contribution in [0.1, 0.15) is 32.4 Å². The summed E-state index contributed by atoms with van der Waals surface area (Å²) in [5.41, 5.74) is 2.38. The van der Waals surface area contributed by atoms with E-state index >= 15 is 0 Å². The first-order chi connectivity index (χ1) is 9.15. The van der Waals surface area contributed by atoms with Gasteiger partial charge in [0.05, 0.1) is 11.9 Å². The number of nitrogens with zero attached hydrogens (tertiary/aromatic N) is 2. The molecule has 1 aromatic heterocycles. The van der Waals surface area contributed by atoms with Gasteiger partial charge in [-0.25, -0.2) is 0 Å². The molecule has 2 heterocycles. The maximum absolute atomic E-state index is 4.47. The molecule has 104 valence electrons. The van der Waals surface area contributed by atoms with Gasteiger partial charge in [0.25, 0.3) is 0 Å². The smallest absolute Gasteiger partial charge is 0.0556 e. The van der Waals surface area contributed by atoms with Gasteiger partial charge in [-0.3, -0.25) is 4.98 Å². The zero-order valence-corrected chi connectivity index (χ0v) is 12.3. The molecule has 1 saturated carbocycles. The molecule has 1 aliphatic heterocycles. The summed E-state index contributed by atoms with van der Waals surface area (Å²) in [7, 11) is 0. The molecule has 19 heavy (non-hydrogen) atoms. The lowest BCUT2D eigenvalue weighted by atomic mass is 9.96. The molecule has 2 atom stereocenters. The van der Waals surface area contributed by atoms with Crippen molar-refractivity contribution >= 4 is 5.69 Å². The van der Waals surface area contributed by atoms with Crippen molar-refractivity contribution in [2.75, 3.05) is 18.0 Å². The third-order valence-corrected chi connectivity index (χ3v) is 4.57. The standard InChI is InChI=1S/C16H25N3/c1-11(2)16-9-18-15(13-5-6-13)10-19(16)14-7-4-12(3)17-8-14/h4,7-8,11,13,15-16,18H,5-6,9-10H2,1-3H3. The highest BCUT2D eigenvalue weighted by Crippen LogP contribution is 2.35. The van der Waals surface area contributed by atoms with E-state index < -0.39 is 0 Å². The average Bonchev–Trinajstić information content (AvgIpc) is 3.23. The number of aromatic nitrogens is 1. The number of aryl methyl sites for hydroxylation is 1. The van der Waals surface area contributed by atoms with Crippen LogP contribution < -0.4 is 10.2 Å². The first-order valence-corrected chi connectivity index (χ1v) is 7.58. The van der Waals surface area contributed by atoms with Crippen LogP contribution in [-0.4, -0.2) is 30.2 Å². The Hall–Kier alpha value is -1.09. The number of hydrogen-bond donors (Lipinski definition) is 1. The number of pyridine rings is 1. The summed E-state index contributed by atoms with van der Waals surface area (Å²) in [6.07, 6.45) is 4.86. The molecule has 0 aromatic carbocycles. The first kappa shape index (κ1) is 12.9. The monoisotopic (exact) mass is 259 g/mol. The minimum atomic E-state index is 0.583. The van der Waals surface area contributed by atoms with E-state index in [1.165, 1.54) is 18.5 Å². The molecule has 0 bridgehead atoms. The molecule has 3 rings (SSSR count). The van der Waals surface area contributed by atoms with Crippen molar-refractivity contribution in [1.29, 1.82) is 0 Å². The highest BCUT2D eigenvalue weighted by Gasteiger charge is 2.38. The Bertz CT molecular complexity index is 422. The summed E-state index contributed by atoms with van der Waals surface area (Å²) in [6.45, 7) is 8.93. The van der Waals surface area contributed by atoms with E-state index in [4.69, 9.17) is 0 Å². The van der Waals surface area contributed by atoms with Crippen molar-refractivity contribution in [3.63, 3.8) is 0 Å². The Kier molecular flexibility index (Phi) is 3.48. The van der Waals surface area contributed by atoms with Crippen molar-refractivity contribution in [2.45, 2.75) is 45.7 Å². The molecule has 3 heteroatoms. The van der Waals surface area contributed by atoms with Gasteiger partial charge in [0.15, 0.2) is 0 Å². The molecule has 0 radical (unpaired) electrons. The van der Waals surface area contributed by atoms with Crippen LogP contribution in [0, 0.1) is 18.8 Å². The fourth-order valence-corrected chi connectivity index (χ4v) is 3.13. The molecule has 1 N–H and O–H groups in total. The molecule has 2 fully saturated rings. The Morgan fingerprint density at radius 2 is 2.11 bits per heavy atom. The predicted molar refractivity (Wildman–Crippen MR) is 79.5 cm³/mol. The fourth-order valence-electron chi connectivity index (χ4n) is 3.13. The quantitative estimate of drug-likeness (QED) is 0.904. The maximum Gasteiger partial charge on any atom is 0.0556 e.